The van der Waals surface area contributed by atoms with Crippen LogP contribution in [0.4, 0.5) is 0 Å². The third-order valence-corrected chi connectivity index (χ3v) is 7.81. The number of amides is 2. The largest absolute Gasteiger partial charge is 0.352 e. The molecule has 1 saturated carbocycles. The minimum atomic E-state index is -0.459. The number of aromatic nitrogens is 1. The Labute approximate surface area is 215 Å². The summed E-state index contributed by atoms with van der Waals surface area (Å²) in [7, 11) is 0. The molecule has 0 radical (unpaired) electrons. The van der Waals surface area contributed by atoms with Gasteiger partial charge in [-0.1, -0.05) is 76.3 Å². The second-order valence-electron chi connectivity index (χ2n) is 11.1. The first-order valence-corrected chi connectivity index (χ1v) is 13.8. The van der Waals surface area contributed by atoms with Crippen molar-refractivity contribution in [1.82, 2.24) is 14.8 Å². The van der Waals surface area contributed by atoms with E-state index in [0.29, 0.717) is 32.1 Å². The smallest absolute Gasteiger partial charge is 0.259 e. The van der Waals surface area contributed by atoms with Gasteiger partial charge in [0.1, 0.15) is 11.1 Å². The van der Waals surface area contributed by atoms with Crippen LogP contribution in [0.3, 0.4) is 0 Å². The van der Waals surface area contributed by atoms with Crippen LogP contribution < -0.4 is 10.7 Å². The standard InChI is InChI=1S/C30H41N3O3/c1-23(2)19-32-20-25(27(34)26(21-32)29(36)33-17-11-3-4-12-18-33)28(35)31-22-30(15-9-6-10-16-30)24-13-7-5-8-14-24/h5,7-8,13-14,20-21,23H,3-4,6,9-12,15-19,22H2,1-2H3,(H,31,35). The quantitative estimate of drug-likeness (QED) is 0.582. The SMILES string of the molecule is CC(C)Cn1cc(C(=O)NCC2(c3ccccc3)CCCCC2)c(=O)c(C(=O)N2CCCCCC2)c1. The number of benzene rings is 1. The summed E-state index contributed by atoms with van der Waals surface area (Å²) in [5.74, 6) is -0.320. The van der Waals surface area contributed by atoms with E-state index in [9.17, 15) is 14.4 Å². The molecule has 0 atom stereocenters. The summed E-state index contributed by atoms with van der Waals surface area (Å²) in [5, 5.41) is 3.11. The Morgan fingerprint density at radius 2 is 1.50 bits per heavy atom. The molecule has 194 valence electrons. The number of rotatable bonds is 7. The molecule has 2 fully saturated rings. The molecule has 0 bridgehead atoms. The molecule has 6 nitrogen and oxygen atoms in total. The predicted molar refractivity (Wildman–Crippen MR) is 143 cm³/mol. The van der Waals surface area contributed by atoms with Crippen molar-refractivity contribution >= 4 is 11.8 Å². The molecule has 4 rings (SSSR count). The van der Waals surface area contributed by atoms with Crippen molar-refractivity contribution in [3.05, 3.63) is 69.6 Å². The fraction of sp³-hybridized carbons (Fsp3) is 0.567. The molecule has 36 heavy (non-hydrogen) atoms. The number of carbonyl (C=O) groups excluding carboxylic acids is 2. The van der Waals surface area contributed by atoms with Gasteiger partial charge in [-0.2, -0.15) is 0 Å². The zero-order valence-corrected chi connectivity index (χ0v) is 21.9. The van der Waals surface area contributed by atoms with E-state index in [-0.39, 0.29) is 28.4 Å². The van der Waals surface area contributed by atoms with E-state index in [0.717, 1.165) is 51.4 Å². The summed E-state index contributed by atoms with van der Waals surface area (Å²) in [5.41, 5.74) is 0.841. The minimum Gasteiger partial charge on any atom is -0.352 e. The van der Waals surface area contributed by atoms with Crippen molar-refractivity contribution in [2.75, 3.05) is 19.6 Å². The van der Waals surface area contributed by atoms with Crippen LogP contribution in [0, 0.1) is 5.92 Å². The monoisotopic (exact) mass is 491 g/mol. The number of carbonyl (C=O) groups is 2. The van der Waals surface area contributed by atoms with Gasteiger partial charge in [-0.15, -0.1) is 0 Å². The van der Waals surface area contributed by atoms with Gasteiger partial charge in [0.15, 0.2) is 0 Å². The Hall–Kier alpha value is -2.89. The van der Waals surface area contributed by atoms with Crippen LogP contribution >= 0.6 is 0 Å². The normalized spacial score (nSPS) is 18.0. The van der Waals surface area contributed by atoms with Gasteiger partial charge < -0.3 is 14.8 Å². The molecule has 2 aromatic rings. The van der Waals surface area contributed by atoms with Gasteiger partial charge in [0.05, 0.1) is 0 Å². The minimum absolute atomic E-state index is 0.0651. The maximum absolute atomic E-state index is 13.5. The van der Waals surface area contributed by atoms with Gasteiger partial charge in [-0.05, 0) is 37.2 Å². The fourth-order valence-electron chi connectivity index (χ4n) is 5.85. The van der Waals surface area contributed by atoms with E-state index in [1.807, 2.05) is 10.6 Å². The van der Waals surface area contributed by atoms with Crippen LogP contribution in [-0.2, 0) is 12.0 Å². The van der Waals surface area contributed by atoms with Gasteiger partial charge in [0.2, 0.25) is 5.43 Å². The Morgan fingerprint density at radius 1 is 0.889 bits per heavy atom. The van der Waals surface area contributed by atoms with Gasteiger partial charge in [0.25, 0.3) is 11.8 Å². The highest BCUT2D eigenvalue weighted by atomic mass is 16.2. The van der Waals surface area contributed by atoms with Crippen LogP contribution in [0.25, 0.3) is 0 Å². The molecule has 0 unspecified atom stereocenters. The summed E-state index contributed by atoms with van der Waals surface area (Å²) >= 11 is 0. The average molecular weight is 492 g/mol. The summed E-state index contributed by atoms with van der Waals surface area (Å²) in [4.78, 5) is 42.2. The molecular formula is C30H41N3O3. The zero-order chi connectivity index (χ0) is 25.5. The van der Waals surface area contributed by atoms with Crippen LogP contribution in [0.1, 0.15) is 97.9 Å². The Morgan fingerprint density at radius 3 is 2.14 bits per heavy atom. The first-order chi connectivity index (χ1) is 17.4. The van der Waals surface area contributed by atoms with Crippen molar-refractivity contribution in [2.24, 2.45) is 5.92 Å². The Bertz CT molecular complexity index is 1090. The number of nitrogens with zero attached hydrogens (tertiary/aromatic N) is 2. The van der Waals surface area contributed by atoms with Crippen LogP contribution in [-0.4, -0.2) is 40.9 Å². The molecule has 0 spiro atoms. The number of nitrogens with one attached hydrogen (secondary N) is 1. The number of pyridine rings is 1. The summed E-state index contributed by atoms with van der Waals surface area (Å²) < 4.78 is 1.85. The summed E-state index contributed by atoms with van der Waals surface area (Å²) in [6, 6.07) is 10.4. The molecule has 1 aliphatic heterocycles. The van der Waals surface area contributed by atoms with Crippen molar-refractivity contribution in [3.63, 3.8) is 0 Å². The third-order valence-electron chi connectivity index (χ3n) is 7.81. The van der Waals surface area contributed by atoms with Gasteiger partial charge in [0, 0.05) is 44.0 Å². The van der Waals surface area contributed by atoms with Crippen LogP contribution in [0.5, 0.6) is 0 Å². The lowest BCUT2D eigenvalue weighted by Crippen LogP contribution is -2.44. The second kappa shape index (κ2) is 11.9. The van der Waals surface area contributed by atoms with Gasteiger partial charge in [-0.25, -0.2) is 0 Å². The Balaban J connectivity index is 1.61. The first kappa shape index (κ1) is 26.2. The predicted octanol–water partition coefficient (Wildman–Crippen LogP) is 5.15. The van der Waals surface area contributed by atoms with Crippen molar-refractivity contribution in [1.29, 1.82) is 0 Å². The molecular weight excluding hydrogens is 450 g/mol. The van der Waals surface area contributed by atoms with E-state index in [4.69, 9.17) is 0 Å². The molecule has 2 amide bonds. The summed E-state index contributed by atoms with van der Waals surface area (Å²) in [6.45, 7) is 6.62. The van der Waals surface area contributed by atoms with E-state index in [2.05, 4.69) is 43.4 Å². The molecule has 2 aliphatic rings. The Kier molecular flexibility index (Phi) is 8.65. The molecule has 1 aromatic heterocycles. The number of likely N-dealkylation sites (tertiary alicyclic amines) is 1. The lowest BCUT2D eigenvalue weighted by Gasteiger charge is -2.38. The molecule has 6 heteroatoms. The third kappa shape index (κ3) is 6.08. The molecule has 2 heterocycles. The molecule has 1 N–H and O–H groups in total. The topological polar surface area (TPSA) is 71.4 Å². The lowest BCUT2D eigenvalue weighted by molar-refractivity contribution is 0.0759. The number of hydrogen-bond acceptors (Lipinski definition) is 3. The van der Waals surface area contributed by atoms with Gasteiger partial charge in [-0.3, -0.25) is 14.4 Å². The summed E-state index contributed by atoms with van der Waals surface area (Å²) in [6.07, 6.45) is 12.9. The van der Waals surface area contributed by atoms with Crippen LogP contribution in [0.2, 0.25) is 0 Å². The average Bonchev–Trinajstić information content (AvgIpc) is 3.18. The zero-order valence-electron chi connectivity index (χ0n) is 21.9. The van der Waals surface area contributed by atoms with Crippen molar-refractivity contribution in [3.8, 4) is 0 Å². The highest BCUT2D eigenvalue weighted by molar-refractivity contribution is 5.99. The number of hydrogen-bond donors (Lipinski definition) is 1. The maximum Gasteiger partial charge on any atom is 0.259 e. The van der Waals surface area contributed by atoms with Gasteiger partial charge >= 0.3 is 0 Å². The van der Waals surface area contributed by atoms with E-state index in [1.54, 1.807) is 17.3 Å². The highest BCUT2D eigenvalue weighted by Gasteiger charge is 2.34. The molecule has 1 aliphatic carbocycles. The second-order valence-corrected chi connectivity index (χ2v) is 11.1. The van der Waals surface area contributed by atoms with Crippen molar-refractivity contribution < 1.29 is 9.59 Å². The van der Waals surface area contributed by atoms with E-state index < -0.39 is 5.43 Å². The highest BCUT2D eigenvalue weighted by Crippen LogP contribution is 2.39. The molecule has 1 saturated heterocycles. The van der Waals surface area contributed by atoms with E-state index >= 15 is 0 Å². The first-order valence-electron chi connectivity index (χ1n) is 13.8. The molecule has 1 aromatic carbocycles. The van der Waals surface area contributed by atoms with E-state index in [1.165, 1.54) is 12.0 Å². The fourth-order valence-corrected chi connectivity index (χ4v) is 5.85. The maximum atomic E-state index is 13.5. The van der Waals surface area contributed by atoms with Crippen molar-refractivity contribution in [2.45, 2.75) is 83.6 Å². The van der Waals surface area contributed by atoms with Crippen LogP contribution in [0.15, 0.2) is 47.5 Å². The lowest BCUT2D eigenvalue weighted by atomic mass is 9.69.